The molecule has 1 saturated carbocycles. The van der Waals surface area contributed by atoms with E-state index in [0.29, 0.717) is 24.1 Å². The molecular weight excluding hydrogens is 246 g/mol. The van der Waals surface area contributed by atoms with Crippen LogP contribution in [-0.4, -0.2) is 20.0 Å². The van der Waals surface area contributed by atoms with Crippen molar-refractivity contribution >= 4 is 0 Å². The Hall–Kier alpha value is -1.46. The monoisotopic (exact) mass is 265 g/mol. The molecule has 1 aromatic rings. The molecule has 1 aliphatic carbocycles. The first kappa shape index (κ1) is 12.6. The van der Waals surface area contributed by atoms with E-state index in [1.54, 1.807) is 7.11 Å². The van der Waals surface area contributed by atoms with Crippen LogP contribution in [0, 0.1) is 0 Å². The summed E-state index contributed by atoms with van der Waals surface area (Å²) >= 11 is 0. The molecule has 0 spiro atoms. The van der Waals surface area contributed by atoms with E-state index >= 15 is 0 Å². The number of hydroxylamine groups is 1. The Morgan fingerprint density at radius 3 is 2.89 bits per heavy atom. The maximum absolute atomic E-state index is 5.64. The van der Waals surface area contributed by atoms with Gasteiger partial charge < -0.3 is 14.2 Å². The highest BCUT2D eigenvalue weighted by atomic mass is 16.7. The van der Waals surface area contributed by atoms with Crippen molar-refractivity contribution < 1.29 is 19.0 Å². The maximum atomic E-state index is 5.64. The van der Waals surface area contributed by atoms with Gasteiger partial charge in [-0.2, -0.15) is 5.48 Å². The van der Waals surface area contributed by atoms with Crippen LogP contribution in [0.15, 0.2) is 12.1 Å². The number of methoxy groups -OCH3 is 1. The van der Waals surface area contributed by atoms with Crippen LogP contribution in [0.5, 0.6) is 17.2 Å². The van der Waals surface area contributed by atoms with Crippen molar-refractivity contribution in [2.45, 2.75) is 38.3 Å². The second kappa shape index (κ2) is 5.67. The maximum Gasteiger partial charge on any atom is 0.231 e. The normalized spacial score (nSPS) is 17.9. The minimum Gasteiger partial charge on any atom is -0.493 e. The summed E-state index contributed by atoms with van der Waals surface area (Å²) in [5.74, 6) is 2.12. The number of benzene rings is 1. The van der Waals surface area contributed by atoms with Crippen molar-refractivity contribution in [1.29, 1.82) is 0 Å². The van der Waals surface area contributed by atoms with Gasteiger partial charge in [0.05, 0.1) is 13.2 Å². The first-order valence-electron chi connectivity index (χ1n) is 6.72. The molecule has 1 N–H and O–H groups in total. The van der Waals surface area contributed by atoms with Gasteiger partial charge in [0.25, 0.3) is 0 Å². The molecule has 5 nitrogen and oxygen atoms in total. The first-order valence-corrected chi connectivity index (χ1v) is 6.72. The molecule has 104 valence electrons. The van der Waals surface area contributed by atoms with Crippen molar-refractivity contribution in [3.63, 3.8) is 0 Å². The Labute approximate surface area is 112 Å². The Kier molecular flexibility index (Phi) is 3.75. The summed E-state index contributed by atoms with van der Waals surface area (Å²) in [7, 11) is 1.63. The number of hydrogen-bond acceptors (Lipinski definition) is 5. The highest BCUT2D eigenvalue weighted by Crippen LogP contribution is 2.41. The van der Waals surface area contributed by atoms with Crippen molar-refractivity contribution in [2.75, 3.05) is 13.9 Å². The van der Waals surface area contributed by atoms with Crippen LogP contribution in [0.1, 0.15) is 31.2 Å². The second-order valence-corrected chi connectivity index (χ2v) is 4.88. The minimum absolute atomic E-state index is 0.251. The van der Waals surface area contributed by atoms with Gasteiger partial charge in [-0.15, -0.1) is 0 Å². The van der Waals surface area contributed by atoms with Crippen molar-refractivity contribution in [1.82, 2.24) is 5.48 Å². The van der Waals surface area contributed by atoms with Crippen LogP contribution in [-0.2, 0) is 11.4 Å². The highest BCUT2D eigenvalue weighted by molar-refractivity contribution is 5.55. The zero-order valence-corrected chi connectivity index (χ0v) is 11.1. The predicted molar refractivity (Wildman–Crippen MR) is 69.3 cm³/mol. The Morgan fingerprint density at radius 2 is 2.11 bits per heavy atom. The molecule has 19 heavy (non-hydrogen) atoms. The largest absolute Gasteiger partial charge is 0.493 e. The van der Waals surface area contributed by atoms with Crippen molar-refractivity contribution in [2.24, 2.45) is 0 Å². The Balaban J connectivity index is 1.61. The number of fused-ring (bicyclic) bond motifs is 1. The predicted octanol–water partition coefficient (Wildman–Crippen LogP) is 2.39. The lowest BCUT2D eigenvalue weighted by atomic mass is 10.2. The average Bonchev–Trinajstić information content (AvgIpc) is 3.08. The van der Waals surface area contributed by atoms with E-state index in [9.17, 15) is 0 Å². The van der Waals surface area contributed by atoms with E-state index in [4.69, 9.17) is 19.0 Å². The van der Waals surface area contributed by atoms with Crippen LogP contribution >= 0.6 is 0 Å². The zero-order valence-electron chi connectivity index (χ0n) is 11.1. The standard InChI is InChI=1S/C14H19NO4/c1-16-12-6-10(7-13-14(12)18-9-17-13)8-15-19-11-4-2-3-5-11/h6-7,11,15H,2-5,8-9H2,1H3. The van der Waals surface area contributed by atoms with Crippen LogP contribution < -0.4 is 19.7 Å². The van der Waals surface area contributed by atoms with Gasteiger partial charge in [-0.05, 0) is 30.5 Å². The third kappa shape index (κ3) is 2.77. The number of rotatable bonds is 5. The quantitative estimate of drug-likeness (QED) is 0.828. The topological polar surface area (TPSA) is 49.0 Å². The van der Waals surface area contributed by atoms with E-state index in [0.717, 1.165) is 24.2 Å². The second-order valence-electron chi connectivity index (χ2n) is 4.88. The van der Waals surface area contributed by atoms with E-state index < -0.39 is 0 Å². The fourth-order valence-corrected chi connectivity index (χ4v) is 2.54. The molecule has 0 radical (unpaired) electrons. The third-order valence-corrected chi connectivity index (χ3v) is 3.55. The minimum atomic E-state index is 0.251. The molecular formula is C14H19NO4. The van der Waals surface area contributed by atoms with Gasteiger partial charge in [0.2, 0.25) is 12.5 Å². The Bertz CT molecular complexity index is 443. The summed E-state index contributed by atoms with van der Waals surface area (Å²) < 4.78 is 16.1. The highest BCUT2D eigenvalue weighted by Gasteiger charge is 2.20. The van der Waals surface area contributed by atoms with Crippen LogP contribution in [0.2, 0.25) is 0 Å². The molecule has 1 fully saturated rings. The third-order valence-electron chi connectivity index (χ3n) is 3.55. The molecule has 1 heterocycles. The van der Waals surface area contributed by atoms with Gasteiger partial charge in [-0.3, -0.25) is 4.84 Å². The zero-order chi connectivity index (χ0) is 13.1. The molecule has 1 aliphatic heterocycles. The average molecular weight is 265 g/mol. The lowest BCUT2D eigenvalue weighted by Crippen LogP contribution is -2.21. The van der Waals surface area contributed by atoms with Crippen molar-refractivity contribution in [3.05, 3.63) is 17.7 Å². The molecule has 1 aromatic carbocycles. The number of hydrogen-bond donors (Lipinski definition) is 1. The van der Waals surface area contributed by atoms with Crippen LogP contribution in [0.25, 0.3) is 0 Å². The number of ether oxygens (including phenoxy) is 3. The molecule has 3 rings (SSSR count). The van der Waals surface area contributed by atoms with E-state index in [1.165, 1.54) is 12.8 Å². The Morgan fingerprint density at radius 1 is 1.26 bits per heavy atom. The van der Waals surface area contributed by atoms with Crippen LogP contribution in [0.4, 0.5) is 0 Å². The summed E-state index contributed by atoms with van der Waals surface area (Å²) in [4.78, 5) is 5.64. The lowest BCUT2D eigenvalue weighted by molar-refractivity contribution is -0.0244. The van der Waals surface area contributed by atoms with Gasteiger partial charge in [0.1, 0.15) is 0 Å². The molecule has 0 aromatic heterocycles. The van der Waals surface area contributed by atoms with Gasteiger partial charge in [0.15, 0.2) is 11.5 Å². The molecule has 0 atom stereocenters. The lowest BCUT2D eigenvalue weighted by Gasteiger charge is -2.12. The summed E-state index contributed by atoms with van der Waals surface area (Å²) in [5.41, 5.74) is 4.09. The first-order chi connectivity index (χ1) is 9.36. The van der Waals surface area contributed by atoms with Crippen LogP contribution in [0.3, 0.4) is 0 Å². The SMILES string of the molecule is COc1cc(CNOC2CCCC2)cc2c1OCO2. The molecule has 0 amide bonds. The summed E-state index contributed by atoms with van der Waals surface area (Å²) in [5, 5.41) is 0. The summed E-state index contributed by atoms with van der Waals surface area (Å²) in [6.45, 7) is 0.880. The molecule has 5 heteroatoms. The van der Waals surface area contributed by atoms with E-state index in [1.807, 2.05) is 12.1 Å². The van der Waals surface area contributed by atoms with E-state index in [2.05, 4.69) is 5.48 Å². The molecule has 2 aliphatic rings. The molecule has 0 unspecified atom stereocenters. The number of nitrogens with one attached hydrogen (secondary N) is 1. The summed E-state index contributed by atoms with van der Waals surface area (Å²) in [6, 6.07) is 3.90. The fraction of sp³-hybridized carbons (Fsp3) is 0.571. The van der Waals surface area contributed by atoms with Gasteiger partial charge in [-0.25, -0.2) is 0 Å². The molecule has 0 bridgehead atoms. The van der Waals surface area contributed by atoms with Gasteiger partial charge in [0, 0.05) is 6.54 Å². The van der Waals surface area contributed by atoms with Crippen molar-refractivity contribution in [3.8, 4) is 17.2 Å². The van der Waals surface area contributed by atoms with E-state index in [-0.39, 0.29) is 6.79 Å². The summed E-state index contributed by atoms with van der Waals surface area (Å²) in [6.07, 6.45) is 5.19. The smallest absolute Gasteiger partial charge is 0.231 e. The molecule has 0 saturated heterocycles. The van der Waals surface area contributed by atoms with Gasteiger partial charge >= 0.3 is 0 Å². The fourth-order valence-electron chi connectivity index (χ4n) is 2.54. The van der Waals surface area contributed by atoms with Gasteiger partial charge in [-0.1, -0.05) is 12.8 Å².